The Morgan fingerprint density at radius 2 is 1.72 bits per heavy atom. The lowest BCUT2D eigenvalue weighted by molar-refractivity contribution is -0.127. The number of carbonyl (C=O) groups is 2. The maximum atomic E-state index is 13.5. The molecular formula is C33H43FN6O3. The number of fused-ring (bicyclic) bond motifs is 1. The molecule has 3 aromatic rings. The second-order valence-electron chi connectivity index (χ2n) is 13.2. The average molecular weight is 591 g/mol. The van der Waals surface area contributed by atoms with Crippen molar-refractivity contribution in [3.05, 3.63) is 65.0 Å². The number of halogens is 1. The van der Waals surface area contributed by atoms with Gasteiger partial charge in [0.15, 0.2) is 0 Å². The Balaban J connectivity index is 1.26. The Bertz CT molecular complexity index is 1520. The molecule has 0 bridgehead atoms. The van der Waals surface area contributed by atoms with E-state index in [0.29, 0.717) is 17.1 Å². The monoisotopic (exact) mass is 590 g/mol. The second kappa shape index (κ2) is 12.3. The highest BCUT2D eigenvalue weighted by molar-refractivity contribution is 5.95. The van der Waals surface area contributed by atoms with Gasteiger partial charge in [0.2, 0.25) is 11.5 Å². The van der Waals surface area contributed by atoms with Crippen molar-refractivity contribution in [2.45, 2.75) is 76.6 Å². The molecule has 0 atom stereocenters. The summed E-state index contributed by atoms with van der Waals surface area (Å²) < 4.78 is 15.6. The van der Waals surface area contributed by atoms with Crippen LogP contribution in [0.4, 0.5) is 4.39 Å². The highest BCUT2D eigenvalue weighted by Gasteiger charge is 2.32. The SMILES string of the molecule is CC(C)(O)C1CCN(Cc2ccc3[nH]/c(=N\C(=O)c4ccc(F)cc4)n([C@H]4CC[C@@H](C(=O)NC5CNC5)CC4)c3c2)CC1. The van der Waals surface area contributed by atoms with E-state index in [1.807, 2.05) is 13.8 Å². The van der Waals surface area contributed by atoms with Crippen molar-refractivity contribution in [1.29, 1.82) is 0 Å². The summed E-state index contributed by atoms with van der Waals surface area (Å²) in [6.07, 6.45) is 5.10. The van der Waals surface area contributed by atoms with Crippen LogP contribution in [-0.4, -0.2) is 69.2 Å². The number of amides is 2. The molecule has 1 aliphatic carbocycles. The number of hydrogen-bond acceptors (Lipinski definition) is 5. The molecule has 230 valence electrons. The van der Waals surface area contributed by atoms with Crippen LogP contribution in [0.15, 0.2) is 47.5 Å². The van der Waals surface area contributed by atoms with Crippen LogP contribution in [0.3, 0.4) is 0 Å². The quantitative estimate of drug-likeness (QED) is 0.336. The summed E-state index contributed by atoms with van der Waals surface area (Å²) in [5.41, 5.74) is 3.21. The van der Waals surface area contributed by atoms with Gasteiger partial charge >= 0.3 is 0 Å². The number of rotatable bonds is 7. The number of benzene rings is 2. The molecule has 2 aromatic carbocycles. The molecule has 2 amide bonds. The van der Waals surface area contributed by atoms with Crippen LogP contribution in [0.2, 0.25) is 0 Å². The molecule has 6 rings (SSSR count). The molecular weight excluding hydrogens is 547 g/mol. The van der Waals surface area contributed by atoms with E-state index in [0.717, 1.165) is 82.3 Å². The molecule has 1 saturated carbocycles. The van der Waals surface area contributed by atoms with Crippen LogP contribution in [0.25, 0.3) is 11.0 Å². The van der Waals surface area contributed by atoms with E-state index in [9.17, 15) is 19.1 Å². The zero-order valence-electron chi connectivity index (χ0n) is 25.1. The maximum Gasteiger partial charge on any atom is 0.280 e. The molecule has 3 fully saturated rings. The molecule has 2 saturated heterocycles. The molecule has 1 aromatic heterocycles. The standard InChI is InChI=1S/C33H43FN6O3/c1-33(2,43)24-13-15-39(16-14-24)20-21-3-12-28-29(17-21)40(32(37-28)38-31(42)22-4-8-25(34)9-5-22)27-10-6-23(7-11-27)30(41)36-26-18-35-19-26/h3-5,8-9,12,17,23-24,26-27,35,43H,6-7,10-11,13-16,18-20H2,1-2H3,(H,36,41)(H,37,38,42)/t23-,27+. The zero-order chi connectivity index (χ0) is 30.1. The lowest BCUT2D eigenvalue weighted by Gasteiger charge is -2.37. The fraction of sp³-hybridized carbons (Fsp3) is 0.545. The van der Waals surface area contributed by atoms with Crippen LogP contribution >= 0.6 is 0 Å². The van der Waals surface area contributed by atoms with Gasteiger partial charge in [0.05, 0.1) is 22.7 Å². The summed E-state index contributed by atoms with van der Waals surface area (Å²) in [5.74, 6) is -0.392. The first-order chi connectivity index (χ1) is 20.6. The predicted molar refractivity (Wildman–Crippen MR) is 163 cm³/mol. The number of piperidine rings is 1. The number of carbonyl (C=O) groups excluding carboxylic acids is 2. The van der Waals surface area contributed by atoms with Crippen LogP contribution < -0.4 is 16.3 Å². The first-order valence-electron chi connectivity index (χ1n) is 15.7. The molecule has 10 heteroatoms. The van der Waals surface area contributed by atoms with Crippen molar-refractivity contribution in [1.82, 2.24) is 25.1 Å². The Morgan fingerprint density at radius 3 is 2.35 bits per heavy atom. The fourth-order valence-electron chi connectivity index (χ4n) is 6.84. The molecule has 4 N–H and O–H groups in total. The molecule has 9 nitrogen and oxygen atoms in total. The second-order valence-corrected chi connectivity index (χ2v) is 13.2. The molecule has 2 aliphatic heterocycles. The van der Waals surface area contributed by atoms with Crippen molar-refractivity contribution in [2.24, 2.45) is 16.8 Å². The van der Waals surface area contributed by atoms with Gasteiger partial charge in [-0.1, -0.05) is 6.07 Å². The minimum absolute atomic E-state index is 0.00808. The highest BCUT2D eigenvalue weighted by atomic mass is 19.1. The summed E-state index contributed by atoms with van der Waals surface area (Å²) in [6.45, 7) is 8.16. The summed E-state index contributed by atoms with van der Waals surface area (Å²) in [7, 11) is 0. The minimum Gasteiger partial charge on any atom is -0.390 e. The smallest absolute Gasteiger partial charge is 0.280 e. The molecule has 3 aliphatic rings. The first kappa shape index (κ1) is 29.7. The van der Waals surface area contributed by atoms with Gasteiger partial charge in [0.1, 0.15) is 5.82 Å². The normalized spacial score (nSPS) is 22.9. The number of nitrogens with one attached hydrogen (secondary N) is 3. The topological polar surface area (TPSA) is 115 Å². The van der Waals surface area contributed by atoms with Gasteiger partial charge in [-0.05, 0) is 113 Å². The van der Waals surface area contributed by atoms with Crippen LogP contribution in [-0.2, 0) is 11.3 Å². The maximum absolute atomic E-state index is 13.5. The number of aromatic amines is 1. The van der Waals surface area contributed by atoms with Gasteiger partial charge in [0, 0.05) is 37.2 Å². The Morgan fingerprint density at radius 1 is 1.02 bits per heavy atom. The summed E-state index contributed by atoms with van der Waals surface area (Å²) in [4.78, 5) is 36.3. The van der Waals surface area contributed by atoms with E-state index in [2.05, 4.69) is 48.3 Å². The van der Waals surface area contributed by atoms with Crippen molar-refractivity contribution in [2.75, 3.05) is 26.2 Å². The largest absolute Gasteiger partial charge is 0.390 e. The van der Waals surface area contributed by atoms with E-state index in [4.69, 9.17) is 0 Å². The Hall–Kier alpha value is -3.34. The van der Waals surface area contributed by atoms with E-state index in [1.165, 1.54) is 29.8 Å². The van der Waals surface area contributed by atoms with Crippen molar-refractivity contribution in [3.8, 4) is 0 Å². The van der Waals surface area contributed by atoms with Crippen LogP contribution in [0.5, 0.6) is 0 Å². The van der Waals surface area contributed by atoms with Gasteiger partial charge in [-0.2, -0.15) is 4.99 Å². The number of hydrogen-bond donors (Lipinski definition) is 4. The minimum atomic E-state index is -0.652. The van der Waals surface area contributed by atoms with E-state index < -0.39 is 17.3 Å². The van der Waals surface area contributed by atoms with E-state index in [1.54, 1.807) is 0 Å². The Labute approximate surface area is 251 Å². The third-order valence-electron chi connectivity index (χ3n) is 9.65. The number of aromatic nitrogens is 2. The predicted octanol–water partition coefficient (Wildman–Crippen LogP) is 3.65. The average Bonchev–Trinajstić information content (AvgIpc) is 3.32. The van der Waals surface area contributed by atoms with Crippen molar-refractivity contribution < 1.29 is 19.1 Å². The molecule has 0 radical (unpaired) electrons. The van der Waals surface area contributed by atoms with Gasteiger partial charge < -0.3 is 25.3 Å². The van der Waals surface area contributed by atoms with Crippen LogP contribution in [0, 0.1) is 17.7 Å². The highest BCUT2D eigenvalue weighted by Crippen LogP contribution is 2.34. The molecule has 0 unspecified atom stereocenters. The van der Waals surface area contributed by atoms with Crippen molar-refractivity contribution in [3.63, 3.8) is 0 Å². The van der Waals surface area contributed by atoms with Gasteiger partial charge in [0.25, 0.3) is 5.91 Å². The third kappa shape index (κ3) is 6.76. The van der Waals surface area contributed by atoms with Crippen molar-refractivity contribution >= 4 is 22.8 Å². The van der Waals surface area contributed by atoms with E-state index in [-0.39, 0.29) is 23.9 Å². The first-order valence-corrected chi connectivity index (χ1v) is 15.7. The number of nitrogens with zero attached hydrogens (tertiary/aromatic N) is 3. The van der Waals surface area contributed by atoms with E-state index >= 15 is 0 Å². The molecule has 43 heavy (non-hydrogen) atoms. The Kier molecular flexibility index (Phi) is 8.53. The summed E-state index contributed by atoms with van der Waals surface area (Å²) in [5, 5.41) is 16.8. The summed E-state index contributed by atoms with van der Waals surface area (Å²) in [6, 6.07) is 12.1. The third-order valence-corrected chi connectivity index (χ3v) is 9.65. The lowest BCUT2D eigenvalue weighted by Crippen LogP contribution is -2.58. The molecule has 0 spiro atoms. The zero-order valence-corrected chi connectivity index (χ0v) is 25.1. The molecule has 3 heterocycles. The van der Waals surface area contributed by atoms with Gasteiger partial charge in [-0.3, -0.25) is 14.5 Å². The number of likely N-dealkylation sites (tertiary alicyclic amines) is 1. The van der Waals surface area contributed by atoms with Gasteiger partial charge in [-0.15, -0.1) is 0 Å². The fourth-order valence-corrected chi connectivity index (χ4v) is 6.84. The van der Waals surface area contributed by atoms with Gasteiger partial charge in [-0.25, -0.2) is 4.39 Å². The lowest BCUT2D eigenvalue weighted by atomic mass is 9.83. The van der Waals surface area contributed by atoms with Crippen LogP contribution in [0.1, 0.15) is 74.3 Å². The number of H-pyrrole nitrogens is 1. The number of imidazole rings is 1. The number of aliphatic hydroxyl groups is 1. The summed E-state index contributed by atoms with van der Waals surface area (Å²) >= 11 is 0.